The lowest BCUT2D eigenvalue weighted by molar-refractivity contribution is -0.121. The van der Waals surface area contributed by atoms with Crippen LogP contribution in [0.3, 0.4) is 0 Å². The van der Waals surface area contributed by atoms with Gasteiger partial charge in [0.05, 0.1) is 24.6 Å². The zero-order valence-corrected chi connectivity index (χ0v) is 21.0. The molecule has 3 aromatic heterocycles. The molecule has 1 aromatic carbocycles. The summed E-state index contributed by atoms with van der Waals surface area (Å²) in [5.41, 5.74) is 3.42. The third kappa shape index (κ3) is 5.55. The Morgan fingerprint density at radius 2 is 2.08 bits per heavy atom. The summed E-state index contributed by atoms with van der Waals surface area (Å²) in [6, 6.07) is 12.2. The smallest absolute Gasteiger partial charge is 0.294 e. The predicted molar refractivity (Wildman–Crippen MR) is 141 cm³/mol. The number of amides is 1. The van der Waals surface area contributed by atoms with Gasteiger partial charge in [0, 0.05) is 48.2 Å². The number of anilines is 1. The summed E-state index contributed by atoms with van der Waals surface area (Å²) >= 11 is 1.74. The molecule has 0 saturated carbocycles. The Bertz CT molecular complexity index is 1380. The highest BCUT2D eigenvalue weighted by atomic mass is 32.1. The van der Waals surface area contributed by atoms with E-state index in [2.05, 4.69) is 32.1 Å². The van der Waals surface area contributed by atoms with Crippen molar-refractivity contribution in [3.05, 3.63) is 86.2 Å². The van der Waals surface area contributed by atoms with Crippen LogP contribution in [-0.2, 0) is 44.3 Å². The quantitative estimate of drug-likeness (QED) is 0.324. The number of carbonyl (C=O) groups is 1. The molecule has 3 N–H and O–H groups in total. The Balaban J connectivity index is 1.31. The van der Waals surface area contributed by atoms with Crippen LogP contribution in [0, 0.1) is 0 Å². The van der Waals surface area contributed by atoms with Gasteiger partial charge in [0.1, 0.15) is 6.54 Å². The van der Waals surface area contributed by atoms with Crippen molar-refractivity contribution >= 4 is 23.1 Å². The van der Waals surface area contributed by atoms with Crippen LogP contribution in [-0.4, -0.2) is 38.3 Å². The number of thiophene rings is 1. The van der Waals surface area contributed by atoms with Gasteiger partial charge in [-0.15, -0.1) is 11.3 Å². The van der Waals surface area contributed by atoms with Gasteiger partial charge in [-0.25, -0.2) is 4.98 Å². The molecule has 36 heavy (non-hydrogen) atoms. The van der Waals surface area contributed by atoms with Crippen molar-refractivity contribution in [2.24, 2.45) is 7.05 Å². The molecule has 4 heterocycles. The summed E-state index contributed by atoms with van der Waals surface area (Å²) in [6.07, 6.45) is 6.87. The zero-order valence-electron chi connectivity index (χ0n) is 20.2. The molecule has 0 radical (unpaired) electrons. The Morgan fingerprint density at radius 3 is 2.86 bits per heavy atom. The molecule has 5 rings (SSSR count). The van der Waals surface area contributed by atoms with E-state index in [0.717, 1.165) is 36.4 Å². The molecule has 0 aliphatic carbocycles. The summed E-state index contributed by atoms with van der Waals surface area (Å²) in [6.45, 7) is 2.76. The van der Waals surface area contributed by atoms with Crippen LogP contribution in [0.1, 0.15) is 20.9 Å². The number of aromatic nitrogens is 4. The molecule has 1 aliphatic rings. The highest BCUT2D eigenvalue weighted by Gasteiger charge is 2.17. The van der Waals surface area contributed by atoms with Crippen LogP contribution in [0.2, 0.25) is 0 Å². The molecule has 0 unspecified atom stereocenters. The summed E-state index contributed by atoms with van der Waals surface area (Å²) in [5.74, 6) is -0.00187. The molecule has 1 amide bonds. The first-order valence-electron chi connectivity index (χ1n) is 12.0. The van der Waals surface area contributed by atoms with Gasteiger partial charge in [0.25, 0.3) is 5.56 Å². The van der Waals surface area contributed by atoms with Crippen LogP contribution in [0.4, 0.5) is 5.82 Å². The summed E-state index contributed by atoms with van der Waals surface area (Å²) in [7, 11) is 1.81. The number of rotatable bonds is 9. The SMILES string of the molecule is Cn1cc(-c2cnc(NCCc3ccccc3)c(=O)n2CC(=O)NCc2cc3c(s2)CCNC3)cn1. The number of benzene rings is 1. The van der Waals surface area contributed by atoms with Crippen molar-refractivity contribution in [3.8, 4) is 11.3 Å². The zero-order chi connectivity index (χ0) is 24.9. The van der Waals surface area contributed by atoms with Gasteiger partial charge >= 0.3 is 0 Å². The minimum absolute atomic E-state index is 0.106. The van der Waals surface area contributed by atoms with E-state index in [4.69, 9.17) is 0 Å². The summed E-state index contributed by atoms with van der Waals surface area (Å²) in [4.78, 5) is 33.2. The van der Waals surface area contributed by atoms with E-state index in [1.807, 2.05) is 37.4 Å². The number of hydrogen-bond acceptors (Lipinski definition) is 7. The molecule has 186 valence electrons. The van der Waals surface area contributed by atoms with E-state index in [9.17, 15) is 9.59 Å². The predicted octanol–water partition coefficient (Wildman–Crippen LogP) is 2.32. The van der Waals surface area contributed by atoms with E-state index in [0.29, 0.717) is 18.8 Å². The second-order valence-electron chi connectivity index (χ2n) is 8.81. The Labute approximate surface area is 213 Å². The van der Waals surface area contributed by atoms with Gasteiger partial charge in [-0.3, -0.25) is 18.8 Å². The molecule has 0 atom stereocenters. The maximum atomic E-state index is 13.4. The van der Waals surface area contributed by atoms with E-state index < -0.39 is 0 Å². The molecular weight excluding hydrogens is 474 g/mol. The number of aryl methyl sites for hydroxylation is 1. The normalized spacial score (nSPS) is 12.8. The molecule has 0 spiro atoms. The molecule has 0 saturated heterocycles. The largest absolute Gasteiger partial charge is 0.365 e. The van der Waals surface area contributed by atoms with Crippen LogP contribution in [0.15, 0.2) is 59.8 Å². The first kappa shape index (κ1) is 24.0. The highest BCUT2D eigenvalue weighted by molar-refractivity contribution is 7.12. The maximum absolute atomic E-state index is 13.4. The van der Waals surface area contributed by atoms with Gasteiger partial charge in [0.2, 0.25) is 5.91 Å². The molecule has 1 aliphatic heterocycles. The van der Waals surface area contributed by atoms with E-state index >= 15 is 0 Å². The lowest BCUT2D eigenvalue weighted by Gasteiger charge is -2.14. The Kier molecular flexibility index (Phi) is 7.24. The Morgan fingerprint density at radius 1 is 1.22 bits per heavy atom. The van der Waals surface area contributed by atoms with Gasteiger partial charge < -0.3 is 16.0 Å². The number of nitrogens with zero attached hydrogens (tertiary/aromatic N) is 4. The molecule has 10 heteroatoms. The first-order chi connectivity index (χ1) is 17.6. The fraction of sp³-hybridized carbons (Fsp3) is 0.308. The van der Waals surface area contributed by atoms with E-state index in [1.54, 1.807) is 34.6 Å². The van der Waals surface area contributed by atoms with Crippen molar-refractivity contribution in [1.82, 2.24) is 30.0 Å². The van der Waals surface area contributed by atoms with Crippen LogP contribution < -0.4 is 21.5 Å². The third-order valence-electron chi connectivity index (χ3n) is 6.16. The number of carbonyl (C=O) groups excluding carboxylic acids is 1. The topological polar surface area (TPSA) is 106 Å². The summed E-state index contributed by atoms with van der Waals surface area (Å²) < 4.78 is 3.12. The van der Waals surface area contributed by atoms with Crippen molar-refractivity contribution in [1.29, 1.82) is 0 Å². The molecule has 9 nitrogen and oxygen atoms in total. The molecule has 0 bridgehead atoms. The van der Waals surface area contributed by atoms with Crippen molar-refractivity contribution in [2.45, 2.75) is 32.5 Å². The van der Waals surface area contributed by atoms with E-state index in [1.165, 1.54) is 20.6 Å². The van der Waals surface area contributed by atoms with Crippen LogP contribution in [0.5, 0.6) is 0 Å². The number of hydrogen-bond donors (Lipinski definition) is 3. The average molecular weight is 504 g/mol. The Hall–Kier alpha value is -3.76. The fourth-order valence-electron chi connectivity index (χ4n) is 4.31. The fourth-order valence-corrected chi connectivity index (χ4v) is 5.43. The van der Waals surface area contributed by atoms with Crippen molar-refractivity contribution in [3.63, 3.8) is 0 Å². The number of fused-ring (bicyclic) bond motifs is 1. The standard InChI is InChI=1S/C26H29N7O2S/c1-32-16-20(13-31-32)22-15-30-25(28-10-7-18-5-3-2-4-6-18)26(35)33(22)17-24(34)29-14-21-11-19-12-27-9-8-23(19)36-21/h2-6,11,13,15-16,27H,7-10,12,14,17H2,1H3,(H,28,30)(H,29,34). The monoisotopic (exact) mass is 503 g/mol. The minimum atomic E-state index is -0.336. The van der Waals surface area contributed by atoms with Gasteiger partial charge in [0.15, 0.2) is 5.82 Å². The number of nitrogens with one attached hydrogen (secondary N) is 3. The van der Waals surface area contributed by atoms with Gasteiger partial charge in [-0.2, -0.15) is 5.10 Å². The van der Waals surface area contributed by atoms with Crippen molar-refractivity contribution < 1.29 is 4.79 Å². The van der Waals surface area contributed by atoms with Crippen LogP contribution >= 0.6 is 11.3 Å². The highest BCUT2D eigenvalue weighted by Crippen LogP contribution is 2.25. The lowest BCUT2D eigenvalue weighted by atomic mass is 10.1. The van der Waals surface area contributed by atoms with Gasteiger partial charge in [-0.1, -0.05) is 30.3 Å². The van der Waals surface area contributed by atoms with Crippen LogP contribution in [0.25, 0.3) is 11.3 Å². The molecular formula is C26H29N7O2S. The second-order valence-corrected chi connectivity index (χ2v) is 10.0. The molecule has 4 aromatic rings. The van der Waals surface area contributed by atoms with Crippen molar-refractivity contribution in [2.75, 3.05) is 18.4 Å². The molecule has 0 fully saturated rings. The lowest BCUT2D eigenvalue weighted by Crippen LogP contribution is -2.34. The third-order valence-corrected chi connectivity index (χ3v) is 7.39. The second kappa shape index (κ2) is 10.9. The average Bonchev–Trinajstić information content (AvgIpc) is 3.51. The summed E-state index contributed by atoms with van der Waals surface area (Å²) in [5, 5.41) is 13.7. The maximum Gasteiger partial charge on any atom is 0.294 e. The van der Waals surface area contributed by atoms with Gasteiger partial charge in [-0.05, 0) is 30.0 Å². The van der Waals surface area contributed by atoms with E-state index in [-0.39, 0.29) is 23.8 Å². The first-order valence-corrected chi connectivity index (χ1v) is 12.8. The minimum Gasteiger partial charge on any atom is -0.365 e.